The van der Waals surface area contributed by atoms with E-state index >= 15 is 0 Å². The highest BCUT2D eigenvalue weighted by Crippen LogP contribution is 2.23. The number of aromatic nitrogens is 3. The number of ether oxygens (including phenoxy) is 2. The highest BCUT2D eigenvalue weighted by molar-refractivity contribution is 7.08. The molecule has 3 rings (SSSR count). The average molecular weight is 275 g/mol. The SMILES string of the molecule is COCCOc1ccc2ncc(-c3ccsc3)n2n1. The van der Waals surface area contributed by atoms with E-state index in [9.17, 15) is 0 Å². The summed E-state index contributed by atoms with van der Waals surface area (Å²) in [4.78, 5) is 4.34. The van der Waals surface area contributed by atoms with Crippen molar-refractivity contribution in [2.75, 3.05) is 20.3 Å². The molecular formula is C13H13N3O2S. The lowest BCUT2D eigenvalue weighted by atomic mass is 10.3. The van der Waals surface area contributed by atoms with Crippen molar-refractivity contribution in [3.63, 3.8) is 0 Å². The summed E-state index contributed by atoms with van der Waals surface area (Å²) in [6.45, 7) is 1.03. The van der Waals surface area contributed by atoms with E-state index in [1.165, 1.54) is 0 Å². The van der Waals surface area contributed by atoms with E-state index in [2.05, 4.69) is 15.5 Å². The molecular weight excluding hydrogens is 262 g/mol. The Labute approximate surface area is 114 Å². The van der Waals surface area contributed by atoms with Crippen molar-refractivity contribution in [2.45, 2.75) is 0 Å². The van der Waals surface area contributed by atoms with E-state index in [1.54, 1.807) is 23.0 Å². The molecule has 0 saturated carbocycles. The molecule has 6 heteroatoms. The van der Waals surface area contributed by atoms with Crippen LogP contribution in [0.4, 0.5) is 0 Å². The van der Waals surface area contributed by atoms with Crippen LogP contribution in [0.2, 0.25) is 0 Å². The molecule has 0 amide bonds. The first-order valence-electron chi connectivity index (χ1n) is 5.87. The van der Waals surface area contributed by atoms with Crippen LogP contribution in [0, 0.1) is 0 Å². The first-order valence-corrected chi connectivity index (χ1v) is 6.82. The lowest BCUT2D eigenvalue weighted by molar-refractivity contribution is 0.143. The second-order valence-electron chi connectivity index (χ2n) is 3.94. The van der Waals surface area contributed by atoms with Gasteiger partial charge in [-0.1, -0.05) is 0 Å². The Morgan fingerprint density at radius 3 is 3.00 bits per heavy atom. The Morgan fingerprint density at radius 2 is 2.21 bits per heavy atom. The van der Waals surface area contributed by atoms with Crippen LogP contribution in [0.1, 0.15) is 0 Å². The van der Waals surface area contributed by atoms with Gasteiger partial charge in [0.25, 0.3) is 0 Å². The second-order valence-corrected chi connectivity index (χ2v) is 4.72. The average Bonchev–Trinajstić information content (AvgIpc) is 3.07. The molecule has 98 valence electrons. The zero-order valence-corrected chi connectivity index (χ0v) is 11.3. The zero-order chi connectivity index (χ0) is 13.1. The molecule has 0 unspecified atom stereocenters. The van der Waals surface area contributed by atoms with Crippen LogP contribution in [-0.2, 0) is 4.74 Å². The fourth-order valence-electron chi connectivity index (χ4n) is 1.77. The number of nitrogens with zero attached hydrogens (tertiary/aromatic N) is 3. The molecule has 0 aliphatic rings. The van der Waals surface area contributed by atoms with E-state index in [4.69, 9.17) is 9.47 Å². The van der Waals surface area contributed by atoms with Gasteiger partial charge in [0.05, 0.1) is 18.5 Å². The molecule has 0 spiro atoms. The summed E-state index contributed by atoms with van der Waals surface area (Å²) in [6, 6.07) is 5.76. The van der Waals surface area contributed by atoms with Crippen LogP contribution in [0.5, 0.6) is 5.88 Å². The topological polar surface area (TPSA) is 48.7 Å². The quantitative estimate of drug-likeness (QED) is 0.671. The van der Waals surface area contributed by atoms with Gasteiger partial charge in [0, 0.05) is 24.1 Å². The van der Waals surface area contributed by atoms with Gasteiger partial charge in [-0.2, -0.15) is 11.3 Å². The number of fused-ring (bicyclic) bond motifs is 1. The Kier molecular flexibility index (Phi) is 3.43. The smallest absolute Gasteiger partial charge is 0.231 e. The summed E-state index contributed by atoms with van der Waals surface area (Å²) in [7, 11) is 1.64. The monoisotopic (exact) mass is 275 g/mol. The van der Waals surface area contributed by atoms with Gasteiger partial charge in [-0.05, 0) is 17.5 Å². The maximum absolute atomic E-state index is 5.51. The van der Waals surface area contributed by atoms with E-state index in [-0.39, 0.29) is 0 Å². The molecule has 0 atom stereocenters. The van der Waals surface area contributed by atoms with Crippen LogP contribution in [0.15, 0.2) is 35.2 Å². The van der Waals surface area contributed by atoms with E-state index in [0.29, 0.717) is 19.1 Å². The third kappa shape index (κ3) is 2.45. The fourth-order valence-corrected chi connectivity index (χ4v) is 2.42. The van der Waals surface area contributed by atoms with Crippen LogP contribution in [-0.4, -0.2) is 34.9 Å². The maximum Gasteiger partial charge on any atom is 0.231 e. The summed E-state index contributed by atoms with van der Waals surface area (Å²) in [6.07, 6.45) is 1.82. The van der Waals surface area contributed by atoms with Gasteiger partial charge >= 0.3 is 0 Å². The van der Waals surface area contributed by atoms with Crippen LogP contribution in [0.25, 0.3) is 16.9 Å². The van der Waals surface area contributed by atoms with Crippen LogP contribution in [0.3, 0.4) is 0 Å². The predicted octanol–water partition coefficient (Wildman–Crippen LogP) is 2.48. The van der Waals surface area contributed by atoms with Crippen molar-refractivity contribution < 1.29 is 9.47 Å². The summed E-state index contributed by atoms with van der Waals surface area (Å²) in [5.41, 5.74) is 2.88. The van der Waals surface area contributed by atoms with Gasteiger partial charge in [0.15, 0.2) is 5.65 Å². The van der Waals surface area contributed by atoms with Crippen molar-refractivity contribution in [1.29, 1.82) is 0 Å². The molecule has 0 N–H and O–H groups in total. The largest absolute Gasteiger partial charge is 0.474 e. The van der Waals surface area contributed by atoms with E-state index < -0.39 is 0 Å². The first-order chi connectivity index (χ1) is 9.38. The Morgan fingerprint density at radius 1 is 1.26 bits per heavy atom. The number of hydrogen-bond donors (Lipinski definition) is 0. The summed E-state index contributed by atoms with van der Waals surface area (Å²) < 4.78 is 12.3. The normalized spacial score (nSPS) is 11.0. The van der Waals surface area contributed by atoms with Crippen molar-refractivity contribution in [1.82, 2.24) is 14.6 Å². The standard InChI is InChI=1S/C13H13N3O2S/c1-17-5-6-18-13-3-2-12-14-8-11(16(12)15-13)10-4-7-19-9-10/h2-4,7-9H,5-6H2,1H3. The molecule has 0 aromatic carbocycles. The number of thiophene rings is 1. The Balaban J connectivity index is 1.94. The minimum Gasteiger partial charge on any atom is -0.474 e. The van der Waals surface area contributed by atoms with Gasteiger partial charge in [0.1, 0.15) is 6.61 Å². The van der Waals surface area contributed by atoms with Crippen LogP contribution >= 0.6 is 11.3 Å². The Bertz CT molecular complexity index is 664. The van der Waals surface area contributed by atoms with Crippen molar-refractivity contribution >= 4 is 17.0 Å². The van der Waals surface area contributed by atoms with Crippen LogP contribution < -0.4 is 4.74 Å². The molecule has 0 bridgehead atoms. The molecule has 0 aliphatic heterocycles. The predicted molar refractivity (Wildman–Crippen MR) is 73.7 cm³/mol. The number of rotatable bonds is 5. The van der Waals surface area contributed by atoms with Gasteiger partial charge in [-0.15, -0.1) is 5.10 Å². The molecule has 0 saturated heterocycles. The van der Waals surface area contributed by atoms with E-state index in [0.717, 1.165) is 16.9 Å². The number of imidazole rings is 1. The minimum atomic E-state index is 0.484. The lowest BCUT2D eigenvalue weighted by Crippen LogP contribution is -2.07. The lowest BCUT2D eigenvalue weighted by Gasteiger charge is -2.05. The fraction of sp³-hybridized carbons (Fsp3) is 0.231. The highest BCUT2D eigenvalue weighted by Gasteiger charge is 2.08. The highest BCUT2D eigenvalue weighted by atomic mass is 32.1. The van der Waals surface area contributed by atoms with Gasteiger partial charge in [-0.3, -0.25) is 0 Å². The van der Waals surface area contributed by atoms with Gasteiger partial charge in [-0.25, -0.2) is 9.50 Å². The second kappa shape index (κ2) is 5.38. The molecule has 3 heterocycles. The van der Waals surface area contributed by atoms with Crippen molar-refractivity contribution in [3.8, 4) is 17.1 Å². The molecule has 3 aromatic heterocycles. The maximum atomic E-state index is 5.51. The first kappa shape index (κ1) is 12.1. The third-order valence-electron chi connectivity index (χ3n) is 2.69. The van der Waals surface area contributed by atoms with E-state index in [1.807, 2.05) is 29.8 Å². The molecule has 0 aliphatic carbocycles. The third-order valence-corrected chi connectivity index (χ3v) is 3.38. The number of methoxy groups -OCH3 is 1. The molecule has 0 fully saturated rings. The molecule has 5 nitrogen and oxygen atoms in total. The Hall–Kier alpha value is -1.92. The molecule has 19 heavy (non-hydrogen) atoms. The molecule has 3 aromatic rings. The van der Waals surface area contributed by atoms with Crippen molar-refractivity contribution in [2.24, 2.45) is 0 Å². The summed E-state index contributed by atoms with van der Waals surface area (Å²) in [5, 5.41) is 8.55. The van der Waals surface area contributed by atoms with Gasteiger partial charge in [0.2, 0.25) is 5.88 Å². The summed E-state index contributed by atoms with van der Waals surface area (Å²) in [5.74, 6) is 0.569. The minimum absolute atomic E-state index is 0.484. The molecule has 0 radical (unpaired) electrons. The van der Waals surface area contributed by atoms with Crippen molar-refractivity contribution in [3.05, 3.63) is 35.2 Å². The number of hydrogen-bond acceptors (Lipinski definition) is 5. The van der Waals surface area contributed by atoms with Gasteiger partial charge < -0.3 is 9.47 Å². The zero-order valence-electron chi connectivity index (χ0n) is 10.4. The summed E-state index contributed by atoms with van der Waals surface area (Å²) >= 11 is 1.65.